The highest BCUT2D eigenvalue weighted by Crippen LogP contribution is 2.12. The van der Waals surface area contributed by atoms with Crippen molar-refractivity contribution in [3.63, 3.8) is 0 Å². The second-order valence-corrected chi connectivity index (χ2v) is 3.55. The number of halogens is 2. The Hall–Kier alpha value is -1.78. The van der Waals surface area contributed by atoms with Gasteiger partial charge in [-0.3, -0.25) is 0 Å². The minimum Gasteiger partial charge on any atom is -0.497 e. The summed E-state index contributed by atoms with van der Waals surface area (Å²) in [6, 6.07) is 14.5. The Labute approximate surface area is 131 Å². The molecule has 4 nitrogen and oxygen atoms in total. The summed E-state index contributed by atoms with van der Waals surface area (Å²) < 4.78 is 9.83. The molecular formula is C14H20Cl2N2O2. The highest BCUT2D eigenvalue weighted by molar-refractivity contribution is 5.85. The van der Waals surface area contributed by atoms with Gasteiger partial charge in [-0.15, -0.1) is 24.8 Å². The average Bonchev–Trinajstić information content (AvgIpc) is 2.41. The van der Waals surface area contributed by atoms with Crippen molar-refractivity contribution in [2.45, 2.75) is 0 Å². The van der Waals surface area contributed by atoms with Crippen molar-refractivity contribution in [1.82, 2.24) is 0 Å². The van der Waals surface area contributed by atoms with Crippen LogP contribution in [0.2, 0.25) is 0 Å². The third-order valence-electron chi connectivity index (χ3n) is 2.23. The van der Waals surface area contributed by atoms with E-state index in [0.29, 0.717) is 0 Å². The van der Waals surface area contributed by atoms with Crippen molar-refractivity contribution in [2.24, 2.45) is 0 Å². The Morgan fingerprint density at radius 2 is 0.850 bits per heavy atom. The number of ether oxygens (including phenoxy) is 2. The molecule has 0 amide bonds. The fourth-order valence-electron chi connectivity index (χ4n) is 1.21. The molecule has 20 heavy (non-hydrogen) atoms. The van der Waals surface area contributed by atoms with E-state index >= 15 is 0 Å². The molecule has 0 atom stereocenters. The first-order valence-electron chi connectivity index (χ1n) is 5.44. The van der Waals surface area contributed by atoms with E-state index < -0.39 is 0 Å². The van der Waals surface area contributed by atoms with Crippen LogP contribution >= 0.6 is 24.8 Å². The quantitative estimate of drug-likeness (QED) is 0.832. The second kappa shape index (κ2) is 11.1. The van der Waals surface area contributed by atoms with E-state index in [1.54, 1.807) is 38.5 Å². The number of hydrogen-bond acceptors (Lipinski definition) is 4. The molecule has 0 aromatic heterocycles. The number of methoxy groups -OCH3 is 2. The first-order valence-corrected chi connectivity index (χ1v) is 5.44. The summed E-state index contributed by atoms with van der Waals surface area (Å²) in [5.74, 6) is 1.67. The van der Waals surface area contributed by atoms with Gasteiger partial charge in [-0.1, -0.05) is 0 Å². The molecule has 0 radical (unpaired) electrons. The summed E-state index contributed by atoms with van der Waals surface area (Å²) in [5.41, 5.74) is 12.4. The van der Waals surface area contributed by atoms with Crippen LogP contribution in [0.15, 0.2) is 48.5 Å². The number of nitrogens with two attached hydrogens (primary N) is 2. The highest BCUT2D eigenvalue weighted by Gasteiger charge is 1.86. The Balaban J connectivity index is 0. The predicted molar refractivity (Wildman–Crippen MR) is 89.3 cm³/mol. The van der Waals surface area contributed by atoms with Gasteiger partial charge in [0.1, 0.15) is 11.5 Å². The Bertz CT molecular complexity index is 416. The van der Waals surface area contributed by atoms with Crippen LogP contribution < -0.4 is 20.9 Å². The number of anilines is 2. The SMILES string of the molecule is COc1ccc(N)cc1.COc1ccc(N)cc1.Cl.Cl. The predicted octanol–water partition coefficient (Wildman–Crippen LogP) is 3.40. The van der Waals surface area contributed by atoms with Gasteiger partial charge in [0.15, 0.2) is 0 Å². The minimum absolute atomic E-state index is 0. The van der Waals surface area contributed by atoms with Crippen LogP contribution in [0.4, 0.5) is 11.4 Å². The van der Waals surface area contributed by atoms with Crippen molar-refractivity contribution in [1.29, 1.82) is 0 Å². The van der Waals surface area contributed by atoms with E-state index in [2.05, 4.69) is 0 Å². The molecule has 0 spiro atoms. The zero-order valence-corrected chi connectivity index (χ0v) is 13.0. The first kappa shape index (κ1) is 20.5. The van der Waals surface area contributed by atoms with Gasteiger partial charge in [-0.2, -0.15) is 0 Å². The average molecular weight is 319 g/mol. The van der Waals surface area contributed by atoms with Crippen LogP contribution in [0.3, 0.4) is 0 Å². The Morgan fingerprint density at radius 1 is 0.600 bits per heavy atom. The first-order chi connectivity index (χ1) is 8.65. The van der Waals surface area contributed by atoms with Gasteiger partial charge in [-0.05, 0) is 48.5 Å². The molecule has 2 aromatic rings. The largest absolute Gasteiger partial charge is 0.497 e. The zero-order valence-electron chi connectivity index (χ0n) is 11.4. The Kier molecular flexibility index (Phi) is 11.4. The van der Waals surface area contributed by atoms with E-state index in [0.717, 1.165) is 22.9 Å². The number of benzene rings is 2. The monoisotopic (exact) mass is 318 g/mol. The molecule has 112 valence electrons. The van der Waals surface area contributed by atoms with E-state index in [1.165, 1.54) is 0 Å². The van der Waals surface area contributed by atoms with Crippen LogP contribution in [-0.2, 0) is 0 Å². The maximum absolute atomic E-state index is 5.43. The summed E-state index contributed by atoms with van der Waals surface area (Å²) in [4.78, 5) is 0. The summed E-state index contributed by atoms with van der Waals surface area (Å²) in [6.45, 7) is 0. The van der Waals surface area contributed by atoms with Crippen LogP contribution in [0.5, 0.6) is 11.5 Å². The molecule has 0 fully saturated rings. The maximum Gasteiger partial charge on any atom is 0.119 e. The van der Waals surface area contributed by atoms with Crippen molar-refractivity contribution in [2.75, 3.05) is 25.7 Å². The molecule has 0 aliphatic heterocycles. The van der Waals surface area contributed by atoms with Crippen molar-refractivity contribution < 1.29 is 9.47 Å². The zero-order chi connectivity index (χ0) is 13.4. The van der Waals surface area contributed by atoms with Crippen molar-refractivity contribution in [3.8, 4) is 11.5 Å². The van der Waals surface area contributed by atoms with Crippen molar-refractivity contribution in [3.05, 3.63) is 48.5 Å². The van der Waals surface area contributed by atoms with Gasteiger partial charge >= 0.3 is 0 Å². The molecule has 0 saturated carbocycles. The Morgan fingerprint density at radius 3 is 1.05 bits per heavy atom. The summed E-state index contributed by atoms with van der Waals surface area (Å²) in [7, 11) is 3.26. The molecule has 0 aliphatic rings. The van der Waals surface area contributed by atoms with Gasteiger partial charge in [0.25, 0.3) is 0 Å². The molecule has 4 N–H and O–H groups in total. The smallest absolute Gasteiger partial charge is 0.119 e. The minimum atomic E-state index is 0. The van der Waals surface area contributed by atoms with E-state index in [-0.39, 0.29) is 24.8 Å². The van der Waals surface area contributed by atoms with Gasteiger partial charge in [0.2, 0.25) is 0 Å². The maximum atomic E-state index is 5.43. The molecule has 0 heterocycles. The number of hydrogen-bond donors (Lipinski definition) is 2. The van der Waals surface area contributed by atoms with Crippen molar-refractivity contribution >= 4 is 36.2 Å². The van der Waals surface area contributed by atoms with Gasteiger partial charge in [-0.25, -0.2) is 0 Å². The third kappa shape index (κ3) is 7.61. The highest BCUT2D eigenvalue weighted by atomic mass is 35.5. The molecule has 2 aromatic carbocycles. The van der Waals surface area contributed by atoms with Crippen LogP contribution in [0, 0.1) is 0 Å². The number of rotatable bonds is 2. The molecule has 0 unspecified atom stereocenters. The second-order valence-electron chi connectivity index (χ2n) is 3.55. The summed E-state index contributed by atoms with van der Waals surface area (Å²) in [6.07, 6.45) is 0. The molecule has 0 saturated heterocycles. The molecular weight excluding hydrogens is 299 g/mol. The van der Waals surface area contributed by atoms with E-state index in [9.17, 15) is 0 Å². The fourth-order valence-corrected chi connectivity index (χ4v) is 1.21. The molecule has 2 rings (SSSR count). The van der Waals surface area contributed by atoms with Crippen LogP contribution in [-0.4, -0.2) is 14.2 Å². The van der Waals surface area contributed by atoms with Gasteiger partial charge < -0.3 is 20.9 Å². The number of nitrogen functional groups attached to an aromatic ring is 2. The van der Waals surface area contributed by atoms with E-state index in [1.807, 2.05) is 24.3 Å². The van der Waals surface area contributed by atoms with Crippen LogP contribution in [0.1, 0.15) is 0 Å². The fraction of sp³-hybridized carbons (Fsp3) is 0.143. The summed E-state index contributed by atoms with van der Waals surface area (Å²) >= 11 is 0. The molecule has 6 heteroatoms. The lowest BCUT2D eigenvalue weighted by molar-refractivity contribution is 0.415. The van der Waals surface area contributed by atoms with Crippen LogP contribution in [0.25, 0.3) is 0 Å². The lowest BCUT2D eigenvalue weighted by atomic mass is 10.3. The molecule has 0 bridgehead atoms. The normalized spacial score (nSPS) is 8.10. The van der Waals surface area contributed by atoms with Gasteiger partial charge in [0.05, 0.1) is 14.2 Å². The lowest BCUT2D eigenvalue weighted by Crippen LogP contribution is -1.84. The molecule has 0 aliphatic carbocycles. The lowest BCUT2D eigenvalue weighted by Gasteiger charge is -1.97. The third-order valence-corrected chi connectivity index (χ3v) is 2.23. The van der Waals surface area contributed by atoms with E-state index in [4.69, 9.17) is 20.9 Å². The summed E-state index contributed by atoms with van der Waals surface area (Å²) in [5, 5.41) is 0. The van der Waals surface area contributed by atoms with Gasteiger partial charge in [0, 0.05) is 11.4 Å². The standard InChI is InChI=1S/2C7H9NO.2ClH/c2*1-9-7-4-2-6(8)3-5-7;;/h2*2-5H,8H2,1H3;2*1H. The topological polar surface area (TPSA) is 70.5 Å².